The second-order valence-electron chi connectivity index (χ2n) is 4.91. The molecule has 20 heavy (non-hydrogen) atoms. The number of nitrogens with one attached hydrogen (secondary N) is 1. The van der Waals surface area contributed by atoms with E-state index in [1.54, 1.807) is 11.3 Å². The molecule has 0 aliphatic carbocycles. The van der Waals surface area contributed by atoms with Crippen LogP contribution in [0.4, 0.5) is 11.8 Å². The molecule has 0 amide bonds. The zero-order chi connectivity index (χ0) is 14.5. The zero-order valence-electron chi connectivity index (χ0n) is 12.9. The molecule has 0 saturated carbocycles. The monoisotopic (exact) mass is 292 g/mol. The molecule has 0 bridgehead atoms. The summed E-state index contributed by atoms with van der Waals surface area (Å²) in [5.74, 6) is 1.82. The van der Waals surface area contributed by atoms with E-state index in [1.807, 2.05) is 0 Å². The molecule has 4 nitrogen and oxygen atoms in total. The van der Waals surface area contributed by atoms with E-state index >= 15 is 0 Å². The summed E-state index contributed by atoms with van der Waals surface area (Å²) in [7, 11) is 0. The molecule has 2 rings (SSSR count). The van der Waals surface area contributed by atoms with Gasteiger partial charge in [-0.15, -0.1) is 11.3 Å². The van der Waals surface area contributed by atoms with Gasteiger partial charge < -0.3 is 10.2 Å². The molecular weight excluding hydrogens is 268 g/mol. The Hall–Kier alpha value is -1.36. The van der Waals surface area contributed by atoms with Gasteiger partial charge in [0.15, 0.2) is 0 Å². The van der Waals surface area contributed by atoms with E-state index < -0.39 is 0 Å². The van der Waals surface area contributed by atoms with Crippen LogP contribution < -0.4 is 10.2 Å². The summed E-state index contributed by atoms with van der Waals surface area (Å²) >= 11 is 1.74. The quantitative estimate of drug-likeness (QED) is 0.835. The average molecular weight is 292 g/mol. The van der Waals surface area contributed by atoms with Crippen molar-refractivity contribution in [2.45, 2.75) is 40.5 Å². The number of unbranched alkanes of at least 4 members (excludes halogenated alkanes) is 1. The lowest BCUT2D eigenvalue weighted by Gasteiger charge is -2.23. The van der Waals surface area contributed by atoms with Crippen LogP contribution >= 0.6 is 11.3 Å². The molecule has 2 aromatic rings. The number of rotatable bonds is 7. The molecule has 2 heterocycles. The molecule has 0 aromatic carbocycles. The van der Waals surface area contributed by atoms with Crippen molar-refractivity contribution in [1.82, 2.24) is 9.97 Å². The molecule has 110 valence electrons. The second kappa shape index (κ2) is 6.88. The normalized spacial score (nSPS) is 11.0. The largest absolute Gasteiger partial charge is 0.356 e. The van der Waals surface area contributed by atoms with Gasteiger partial charge in [0, 0.05) is 24.5 Å². The van der Waals surface area contributed by atoms with Crippen molar-refractivity contribution in [3.8, 4) is 0 Å². The highest BCUT2D eigenvalue weighted by Crippen LogP contribution is 2.31. The maximum atomic E-state index is 4.74. The Kier molecular flexibility index (Phi) is 5.17. The summed E-state index contributed by atoms with van der Waals surface area (Å²) in [6.07, 6.45) is 2.40. The van der Waals surface area contributed by atoms with Gasteiger partial charge in [0.05, 0.1) is 5.39 Å². The summed E-state index contributed by atoms with van der Waals surface area (Å²) in [4.78, 5) is 14.1. The summed E-state index contributed by atoms with van der Waals surface area (Å²) in [5, 5.41) is 4.43. The van der Waals surface area contributed by atoms with Crippen molar-refractivity contribution < 1.29 is 0 Å². The van der Waals surface area contributed by atoms with Gasteiger partial charge in [0.25, 0.3) is 0 Å². The Morgan fingerprint density at radius 2 is 2.05 bits per heavy atom. The molecule has 0 radical (unpaired) electrons. The van der Waals surface area contributed by atoms with Crippen molar-refractivity contribution >= 4 is 33.3 Å². The number of aromatic nitrogens is 2. The van der Waals surface area contributed by atoms with Crippen LogP contribution in [-0.4, -0.2) is 29.6 Å². The Morgan fingerprint density at radius 3 is 2.70 bits per heavy atom. The summed E-state index contributed by atoms with van der Waals surface area (Å²) in [5.41, 5.74) is 0. The molecule has 0 unspecified atom stereocenters. The number of nitrogens with zero attached hydrogens (tertiary/aromatic N) is 3. The van der Waals surface area contributed by atoms with E-state index in [1.165, 1.54) is 23.1 Å². The fourth-order valence-corrected chi connectivity index (χ4v) is 3.14. The molecule has 2 aromatic heterocycles. The van der Waals surface area contributed by atoms with Gasteiger partial charge in [0.2, 0.25) is 5.95 Å². The second-order valence-corrected chi connectivity index (χ2v) is 6.15. The molecule has 0 spiro atoms. The van der Waals surface area contributed by atoms with Gasteiger partial charge in [-0.2, -0.15) is 4.98 Å². The summed E-state index contributed by atoms with van der Waals surface area (Å²) < 4.78 is 0. The zero-order valence-corrected chi connectivity index (χ0v) is 13.7. The number of aryl methyl sites for hydroxylation is 1. The van der Waals surface area contributed by atoms with Gasteiger partial charge >= 0.3 is 0 Å². The smallest absolute Gasteiger partial charge is 0.226 e. The van der Waals surface area contributed by atoms with E-state index in [0.29, 0.717) is 0 Å². The predicted molar refractivity (Wildman–Crippen MR) is 89.1 cm³/mol. The topological polar surface area (TPSA) is 41.1 Å². The molecular formula is C15H24N4S. The van der Waals surface area contributed by atoms with Gasteiger partial charge in [-0.25, -0.2) is 4.98 Å². The third-order valence-electron chi connectivity index (χ3n) is 3.29. The maximum Gasteiger partial charge on any atom is 0.226 e. The van der Waals surface area contributed by atoms with Crippen molar-refractivity contribution in [3.63, 3.8) is 0 Å². The number of thiophene rings is 1. The van der Waals surface area contributed by atoms with Crippen molar-refractivity contribution in [3.05, 3.63) is 10.9 Å². The first-order chi connectivity index (χ1) is 9.69. The van der Waals surface area contributed by atoms with Gasteiger partial charge in [-0.1, -0.05) is 13.3 Å². The molecule has 5 heteroatoms. The minimum Gasteiger partial charge on any atom is -0.356 e. The molecule has 0 aliphatic rings. The number of fused-ring (bicyclic) bond motifs is 1. The Morgan fingerprint density at radius 1 is 1.25 bits per heavy atom. The van der Waals surface area contributed by atoms with Gasteiger partial charge in [0.1, 0.15) is 10.6 Å². The number of hydrogen-bond donors (Lipinski definition) is 1. The minimum atomic E-state index is 0.742. The fraction of sp³-hybridized carbons (Fsp3) is 0.600. The number of hydrogen-bond acceptors (Lipinski definition) is 5. The highest BCUT2D eigenvalue weighted by atomic mass is 32.1. The highest BCUT2D eigenvalue weighted by molar-refractivity contribution is 7.18. The summed E-state index contributed by atoms with van der Waals surface area (Å²) in [6.45, 7) is 11.5. The first-order valence-electron chi connectivity index (χ1n) is 7.46. The Bertz CT molecular complexity index is 564. The van der Waals surface area contributed by atoms with Crippen molar-refractivity contribution in [1.29, 1.82) is 0 Å². The van der Waals surface area contributed by atoms with Gasteiger partial charge in [-0.3, -0.25) is 0 Å². The molecule has 0 fully saturated rings. The first kappa shape index (κ1) is 15.0. The minimum absolute atomic E-state index is 0.742. The highest BCUT2D eigenvalue weighted by Gasteiger charge is 2.15. The van der Waals surface area contributed by atoms with E-state index in [-0.39, 0.29) is 0 Å². The van der Waals surface area contributed by atoms with E-state index in [9.17, 15) is 0 Å². The first-order valence-corrected chi connectivity index (χ1v) is 8.28. The maximum absolute atomic E-state index is 4.74. The Balaban J connectivity index is 2.46. The third-order valence-corrected chi connectivity index (χ3v) is 4.24. The molecule has 0 aliphatic heterocycles. The van der Waals surface area contributed by atoms with Crippen molar-refractivity contribution in [2.75, 3.05) is 29.9 Å². The van der Waals surface area contributed by atoms with E-state index in [2.05, 4.69) is 49.0 Å². The fourth-order valence-electron chi connectivity index (χ4n) is 2.27. The lowest BCUT2D eigenvalue weighted by molar-refractivity contribution is 0.726. The van der Waals surface area contributed by atoms with Crippen LogP contribution in [0.1, 0.15) is 38.5 Å². The molecule has 0 atom stereocenters. The molecule has 0 saturated heterocycles. The standard InChI is InChI=1S/C15H24N4S/c1-5-8-9-19(7-3)13-12-10-11(4)20-14(12)18-15(17-13)16-6-2/h10H,5-9H2,1-4H3,(H,16,17,18). The van der Waals surface area contributed by atoms with E-state index in [0.717, 1.165) is 36.2 Å². The van der Waals surface area contributed by atoms with Crippen LogP contribution in [0.2, 0.25) is 0 Å². The van der Waals surface area contributed by atoms with Gasteiger partial charge in [-0.05, 0) is 33.3 Å². The van der Waals surface area contributed by atoms with Crippen LogP contribution in [-0.2, 0) is 0 Å². The van der Waals surface area contributed by atoms with Crippen LogP contribution in [0.3, 0.4) is 0 Å². The lowest BCUT2D eigenvalue weighted by Crippen LogP contribution is -2.25. The summed E-state index contributed by atoms with van der Waals surface area (Å²) in [6, 6.07) is 2.21. The van der Waals surface area contributed by atoms with E-state index in [4.69, 9.17) is 4.98 Å². The average Bonchev–Trinajstić information content (AvgIpc) is 2.80. The SMILES string of the molecule is CCCCN(CC)c1nc(NCC)nc2sc(C)cc12. The van der Waals surface area contributed by atoms with Crippen molar-refractivity contribution in [2.24, 2.45) is 0 Å². The van der Waals surface area contributed by atoms with Crippen LogP contribution in [0.25, 0.3) is 10.2 Å². The van der Waals surface area contributed by atoms with Crippen LogP contribution in [0.15, 0.2) is 6.07 Å². The van der Waals surface area contributed by atoms with Crippen LogP contribution in [0.5, 0.6) is 0 Å². The third kappa shape index (κ3) is 3.20. The Labute approximate surface area is 125 Å². The lowest BCUT2D eigenvalue weighted by atomic mass is 10.2. The number of anilines is 2. The predicted octanol–water partition coefficient (Wildman–Crippen LogP) is 4.06. The molecule has 1 N–H and O–H groups in total. The van der Waals surface area contributed by atoms with Crippen LogP contribution in [0, 0.1) is 6.92 Å².